The number of ether oxygens (including phenoxy) is 1. The van der Waals surface area contributed by atoms with Crippen molar-refractivity contribution in [3.05, 3.63) is 64.7 Å². The molecule has 1 atom stereocenters. The van der Waals surface area contributed by atoms with E-state index in [-0.39, 0.29) is 11.9 Å². The second-order valence-corrected chi connectivity index (χ2v) is 7.19. The highest BCUT2D eigenvalue weighted by Crippen LogP contribution is 2.24. The maximum Gasteiger partial charge on any atom is 0.224 e. The van der Waals surface area contributed by atoms with Gasteiger partial charge >= 0.3 is 0 Å². The Hall–Kier alpha value is -2.33. The van der Waals surface area contributed by atoms with Gasteiger partial charge in [-0.25, -0.2) is 0 Å². The third-order valence-electron chi connectivity index (χ3n) is 5.12. The number of rotatable bonds is 7. The van der Waals surface area contributed by atoms with Crippen LogP contribution < -0.4 is 10.1 Å². The van der Waals surface area contributed by atoms with Gasteiger partial charge in [0.25, 0.3) is 0 Å². The molecule has 0 saturated heterocycles. The SMILES string of the molecule is COc1cccc(C(CNC(=O)Cc2ccc3c(c2)CCC3)N(C)C)c1. The van der Waals surface area contributed by atoms with Crippen molar-refractivity contribution in [3.63, 3.8) is 0 Å². The van der Waals surface area contributed by atoms with Crippen molar-refractivity contribution < 1.29 is 9.53 Å². The molecule has 1 N–H and O–H groups in total. The third-order valence-corrected chi connectivity index (χ3v) is 5.12. The van der Waals surface area contributed by atoms with Crippen LogP contribution in [0, 0.1) is 0 Å². The normalized spacial score (nSPS) is 14.2. The summed E-state index contributed by atoms with van der Waals surface area (Å²) in [6.07, 6.45) is 3.98. The first-order chi connectivity index (χ1) is 12.6. The number of nitrogens with one attached hydrogen (secondary N) is 1. The zero-order valence-corrected chi connectivity index (χ0v) is 15.9. The number of amides is 1. The van der Waals surface area contributed by atoms with Crippen LogP contribution in [0.2, 0.25) is 0 Å². The van der Waals surface area contributed by atoms with E-state index in [0.29, 0.717) is 13.0 Å². The summed E-state index contributed by atoms with van der Waals surface area (Å²) in [5.41, 5.74) is 5.09. The lowest BCUT2D eigenvalue weighted by Gasteiger charge is -2.25. The van der Waals surface area contributed by atoms with E-state index in [1.807, 2.05) is 32.3 Å². The van der Waals surface area contributed by atoms with Gasteiger partial charge < -0.3 is 15.0 Å². The van der Waals surface area contributed by atoms with E-state index in [2.05, 4.69) is 34.5 Å². The maximum absolute atomic E-state index is 12.4. The molecule has 1 aliphatic carbocycles. The molecule has 4 heteroatoms. The Morgan fingerprint density at radius 3 is 2.73 bits per heavy atom. The summed E-state index contributed by atoms with van der Waals surface area (Å²) >= 11 is 0. The molecule has 0 aromatic heterocycles. The van der Waals surface area contributed by atoms with Crippen LogP contribution in [0.3, 0.4) is 0 Å². The molecule has 0 radical (unpaired) electrons. The smallest absolute Gasteiger partial charge is 0.224 e. The van der Waals surface area contributed by atoms with Gasteiger partial charge in [0.1, 0.15) is 5.75 Å². The van der Waals surface area contributed by atoms with E-state index in [9.17, 15) is 4.79 Å². The maximum atomic E-state index is 12.4. The zero-order chi connectivity index (χ0) is 18.5. The van der Waals surface area contributed by atoms with Crippen molar-refractivity contribution in [2.24, 2.45) is 0 Å². The molecule has 1 aliphatic rings. The lowest BCUT2D eigenvalue weighted by atomic mass is 10.0. The van der Waals surface area contributed by atoms with Gasteiger partial charge in [0.15, 0.2) is 0 Å². The summed E-state index contributed by atoms with van der Waals surface area (Å²) in [4.78, 5) is 14.6. The molecule has 0 heterocycles. The molecule has 1 unspecified atom stereocenters. The Balaban J connectivity index is 1.61. The standard InChI is InChI=1S/C22H28N2O2/c1-24(2)21(19-8-5-9-20(14-19)26-3)15-23-22(25)13-16-10-11-17-6-4-7-18(17)12-16/h5,8-12,14,21H,4,6-7,13,15H2,1-3H3,(H,23,25). The summed E-state index contributed by atoms with van der Waals surface area (Å²) in [5, 5.41) is 3.09. The second-order valence-electron chi connectivity index (χ2n) is 7.19. The Labute approximate surface area is 156 Å². The van der Waals surface area contributed by atoms with Crippen molar-refractivity contribution >= 4 is 5.91 Å². The van der Waals surface area contributed by atoms with Crippen LogP contribution in [-0.4, -0.2) is 38.6 Å². The molecule has 3 rings (SSSR count). The number of hydrogen-bond donors (Lipinski definition) is 1. The summed E-state index contributed by atoms with van der Waals surface area (Å²) in [6.45, 7) is 0.573. The van der Waals surface area contributed by atoms with Crippen LogP contribution in [0.25, 0.3) is 0 Å². The topological polar surface area (TPSA) is 41.6 Å². The van der Waals surface area contributed by atoms with Crippen LogP contribution in [0.5, 0.6) is 5.75 Å². The summed E-state index contributed by atoms with van der Waals surface area (Å²) in [7, 11) is 5.72. The van der Waals surface area contributed by atoms with E-state index >= 15 is 0 Å². The van der Waals surface area contributed by atoms with E-state index in [4.69, 9.17) is 4.74 Å². The highest BCUT2D eigenvalue weighted by molar-refractivity contribution is 5.78. The van der Waals surface area contributed by atoms with Crippen molar-refractivity contribution in [3.8, 4) is 5.75 Å². The molecule has 0 spiro atoms. The fourth-order valence-corrected chi connectivity index (χ4v) is 3.64. The van der Waals surface area contributed by atoms with E-state index in [1.165, 1.54) is 24.0 Å². The van der Waals surface area contributed by atoms with Gasteiger partial charge in [0.05, 0.1) is 19.6 Å². The summed E-state index contributed by atoms with van der Waals surface area (Å²) in [5.74, 6) is 0.900. The molecular formula is C22H28N2O2. The average molecular weight is 352 g/mol. The minimum Gasteiger partial charge on any atom is -0.497 e. The molecule has 1 amide bonds. The molecule has 0 aliphatic heterocycles. The molecule has 138 valence electrons. The minimum absolute atomic E-state index is 0.0673. The fraction of sp³-hybridized carbons (Fsp3) is 0.409. The van der Waals surface area contributed by atoms with Crippen molar-refractivity contribution in [2.75, 3.05) is 27.7 Å². The van der Waals surface area contributed by atoms with Crippen molar-refractivity contribution in [1.29, 1.82) is 0 Å². The number of fused-ring (bicyclic) bond motifs is 1. The number of hydrogen-bond acceptors (Lipinski definition) is 3. The molecule has 26 heavy (non-hydrogen) atoms. The molecular weight excluding hydrogens is 324 g/mol. The molecule has 0 fully saturated rings. The zero-order valence-electron chi connectivity index (χ0n) is 15.9. The number of nitrogens with zero attached hydrogens (tertiary/aromatic N) is 1. The number of carbonyl (C=O) groups is 1. The van der Waals surface area contributed by atoms with Crippen LogP contribution >= 0.6 is 0 Å². The lowest BCUT2D eigenvalue weighted by molar-refractivity contribution is -0.120. The number of methoxy groups -OCH3 is 1. The monoisotopic (exact) mass is 352 g/mol. The highest BCUT2D eigenvalue weighted by atomic mass is 16.5. The van der Waals surface area contributed by atoms with Crippen LogP contribution in [0.1, 0.15) is 34.7 Å². The molecule has 2 aromatic rings. The third kappa shape index (κ3) is 4.44. The fourth-order valence-electron chi connectivity index (χ4n) is 3.64. The van der Waals surface area contributed by atoms with Crippen molar-refractivity contribution in [2.45, 2.75) is 31.7 Å². The molecule has 2 aromatic carbocycles. The van der Waals surface area contributed by atoms with Gasteiger partial charge in [-0.15, -0.1) is 0 Å². The second kappa shape index (κ2) is 8.37. The highest BCUT2D eigenvalue weighted by Gasteiger charge is 2.17. The van der Waals surface area contributed by atoms with Crippen LogP contribution in [0.4, 0.5) is 0 Å². The molecule has 0 bridgehead atoms. The molecule has 0 saturated carbocycles. The van der Waals surface area contributed by atoms with E-state index in [1.54, 1.807) is 7.11 Å². The quantitative estimate of drug-likeness (QED) is 0.832. The Morgan fingerprint density at radius 1 is 1.15 bits per heavy atom. The number of carbonyl (C=O) groups excluding carboxylic acids is 1. The average Bonchev–Trinajstić information content (AvgIpc) is 3.09. The number of likely N-dealkylation sites (N-methyl/N-ethyl adjacent to an activating group) is 1. The lowest BCUT2D eigenvalue weighted by Crippen LogP contribution is -2.35. The van der Waals surface area contributed by atoms with Gasteiger partial charge in [-0.3, -0.25) is 4.79 Å². The predicted octanol–water partition coefficient (Wildman–Crippen LogP) is 3.15. The summed E-state index contributed by atoms with van der Waals surface area (Å²) in [6, 6.07) is 14.6. The Morgan fingerprint density at radius 2 is 1.96 bits per heavy atom. The van der Waals surface area contributed by atoms with E-state index in [0.717, 1.165) is 23.3 Å². The van der Waals surface area contributed by atoms with Gasteiger partial charge in [-0.05, 0) is 67.7 Å². The predicted molar refractivity (Wildman–Crippen MR) is 105 cm³/mol. The largest absolute Gasteiger partial charge is 0.497 e. The Bertz CT molecular complexity index is 770. The summed E-state index contributed by atoms with van der Waals surface area (Å²) < 4.78 is 5.32. The van der Waals surface area contributed by atoms with Crippen LogP contribution in [0.15, 0.2) is 42.5 Å². The first-order valence-corrected chi connectivity index (χ1v) is 9.24. The Kier molecular flexibility index (Phi) is 5.94. The van der Waals surface area contributed by atoms with Gasteiger partial charge in [0.2, 0.25) is 5.91 Å². The number of aryl methyl sites for hydroxylation is 2. The van der Waals surface area contributed by atoms with Gasteiger partial charge in [-0.2, -0.15) is 0 Å². The van der Waals surface area contributed by atoms with Gasteiger partial charge in [0, 0.05) is 6.54 Å². The van der Waals surface area contributed by atoms with Crippen LogP contribution in [-0.2, 0) is 24.1 Å². The molecule has 4 nitrogen and oxygen atoms in total. The van der Waals surface area contributed by atoms with E-state index < -0.39 is 0 Å². The first-order valence-electron chi connectivity index (χ1n) is 9.24. The van der Waals surface area contributed by atoms with Gasteiger partial charge in [-0.1, -0.05) is 30.3 Å². The minimum atomic E-state index is 0.0673. The number of benzene rings is 2. The van der Waals surface area contributed by atoms with Crippen molar-refractivity contribution in [1.82, 2.24) is 10.2 Å². The first kappa shape index (κ1) is 18.5.